The molecule has 0 fully saturated rings. The van der Waals surface area contributed by atoms with Gasteiger partial charge in [0.05, 0.1) is 4.90 Å². The fourth-order valence-corrected chi connectivity index (χ4v) is 3.66. The lowest BCUT2D eigenvalue weighted by atomic mass is 10.1. The highest BCUT2D eigenvalue weighted by molar-refractivity contribution is 7.85. The molecule has 5 rings (SSSR count). The smallest absolute Gasteiger partial charge is 0.294 e. The summed E-state index contributed by atoms with van der Waals surface area (Å²) in [6, 6.07) is 19.6. The van der Waals surface area contributed by atoms with Crippen LogP contribution in [0.1, 0.15) is 0 Å². The molecule has 4 aromatic carbocycles. The first-order valence-corrected chi connectivity index (χ1v) is 9.35. The van der Waals surface area contributed by atoms with Crippen LogP contribution in [0.25, 0.3) is 21.5 Å². The van der Waals surface area contributed by atoms with E-state index in [1.54, 1.807) is 18.2 Å². The van der Waals surface area contributed by atoms with E-state index in [0.29, 0.717) is 28.4 Å². The molecular formula is C20H12O5S. The van der Waals surface area contributed by atoms with Crippen LogP contribution in [0, 0.1) is 0 Å². The monoisotopic (exact) mass is 364 g/mol. The van der Waals surface area contributed by atoms with Gasteiger partial charge in [0.1, 0.15) is 0 Å². The molecule has 6 heteroatoms. The first-order chi connectivity index (χ1) is 12.5. The minimum Gasteiger partial charge on any atom is -0.449 e. The maximum Gasteiger partial charge on any atom is 0.294 e. The maximum atomic E-state index is 11.4. The van der Waals surface area contributed by atoms with Gasteiger partial charge >= 0.3 is 0 Å². The van der Waals surface area contributed by atoms with Crippen LogP contribution in [0.5, 0.6) is 23.0 Å². The number of rotatable bonds is 1. The van der Waals surface area contributed by atoms with Gasteiger partial charge in [-0.3, -0.25) is 4.55 Å². The predicted molar refractivity (Wildman–Crippen MR) is 97.9 cm³/mol. The Kier molecular flexibility index (Phi) is 3.04. The minimum atomic E-state index is -4.26. The van der Waals surface area contributed by atoms with Gasteiger partial charge in [0, 0.05) is 0 Å². The molecule has 26 heavy (non-hydrogen) atoms. The van der Waals surface area contributed by atoms with Crippen molar-refractivity contribution in [2.75, 3.05) is 0 Å². The van der Waals surface area contributed by atoms with Crippen molar-refractivity contribution in [3.8, 4) is 23.0 Å². The highest BCUT2D eigenvalue weighted by Gasteiger charge is 2.21. The molecule has 0 spiro atoms. The van der Waals surface area contributed by atoms with E-state index in [-0.39, 0.29) is 4.90 Å². The zero-order chi connectivity index (χ0) is 17.9. The lowest BCUT2D eigenvalue weighted by Gasteiger charge is -2.21. The Morgan fingerprint density at radius 2 is 1.08 bits per heavy atom. The third-order valence-electron chi connectivity index (χ3n) is 4.42. The summed E-state index contributed by atoms with van der Waals surface area (Å²) in [5, 5.41) is 3.50. The molecule has 0 aliphatic carbocycles. The normalized spacial score (nSPS) is 13.0. The van der Waals surface area contributed by atoms with Gasteiger partial charge in [-0.15, -0.1) is 0 Å². The Balaban J connectivity index is 1.66. The van der Waals surface area contributed by atoms with E-state index in [0.717, 1.165) is 16.2 Å². The summed E-state index contributed by atoms with van der Waals surface area (Å²) in [7, 11) is -4.26. The maximum absolute atomic E-state index is 11.4. The molecule has 0 radical (unpaired) electrons. The Morgan fingerprint density at radius 1 is 0.615 bits per heavy atom. The number of ether oxygens (including phenoxy) is 2. The molecule has 1 heterocycles. The van der Waals surface area contributed by atoms with E-state index in [1.165, 1.54) is 12.1 Å². The van der Waals surface area contributed by atoms with E-state index in [4.69, 9.17) is 9.47 Å². The van der Waals surface area contributed by atoms with Crippen molar-refractivity contribution in [3.05, 3.63) is 66.7 Å². The van der Waals surface area contributed by atoms with Crippen molar-refractivity contribution in [1.29, 1.82) is 0 Å². The Morgan fingerprint density at radius 3 is 1.58 bits per heavy atom. The quantitative estimate of drug-likeness (QED) is 0.417. The van der Waals surface area contributed by atoms with Gasteiger partial charge in [-0.1, -0.05) is 30.3 Å². The Hall–Kier alpha value is -3.09. The van der Waals surface area contributed by atoms with Crippen LogP contribution in [0.4, 0.5) is 0 Å². The van der Waals surface area contributed by atoms with Gasteiger partial charge in [0.25, 0.3) is 10.1 Å². The minimum absolute atomic E-state index is 0.159. The van der Waals surface area contributed by atoms with Crippen LogP contribution in [-0.2, 0) is 10.1 Å². The second kappa shape index (κ2) is 5.20. The highest BCUT2D eigenvalue weighted by Crippen LogP contribution is 2.48. The zero-order valence-electron chi connectivity index (χ0n) is 13.3. The molecule has 4 aromatic rings. The molecule has 1 aliphatic rings. The van der Waals surface area contributed by atoms with Crippen LogP contribution in [0.3, 0.4) is 0 Å². The lowest BCUT2D eigenvalue weighted by Crippen LogP contribution is -2.00. The van der Waals surface area contributed by atoms with E-state index >= 15 is 0 Å². The van der Waals surface area contributed by atoms with Crippen molar-refractivity contribution >= 4 is 31.7 Å². The van der Waals surface area contributed by atoms with Gasteiger partial charge in [0.2, 0.25) is 0 Å². The van der Waals surface area contributed by atoms with Crippen molar-refractivity contribution in [3.63, 3.8) is 0 Å². The summed E-state index contributed by atoms with van der Waals surface area (Å²) in [4.78, 5) is -0.159. The van der Waals surface area contributed by atoms with E-state index in [9.17, 15) is 13.0 Å². The molecule has 0 saturated heterocycles. The Bertz CT molecular complexity index is 1310. The third kappa shape index (κ3) is 2.39. The molecule has 128 valence electrons. The van der Waals surface area contributed by atoms with Crippen molar-refractivity contribution in [2.45, 2.75) is 4.90 Å². The largest absolute Gasteiger partial charge is 0.449 e. The summed E-state index contributed by atoms with van der Waals surface area (Å²) in [5.41, 5.74) is 0. The Labute approximate surface area is 149 Å². The molecule has 0 amide bonds. The van der Waals surface area contributed by atoms with Crippen molar-refractivity contribution < 1.29 is 22.4 Å². The van der Waals surface area contributed by atoms with Crippen LogP contribution < -0.4 is 9.47 Å². The molecule has 0 saturated carbocycles. The molecule has 0 atom stereocenters. The fourth-order valence-electron chi connectivity index (χ4n) is 3.15. The van der Waals surface area contributed by atoms with Gasteiger partial charge in [-0.25, -0.2) is 0 Å². The van der Waals surface area contributed by atoms with Crippen molar-refractivity contribution in [2.24, 2.45) is 0 Å². The number of fused-ring (bicyclic) bond motifs is 4. The summed E-state index contributed by atoms with van der Waals surface area (Å²) < 4.78 is 43.9. The fraction of sp³-hybridized carbons (Fsp3) is 0. The number of hydrogen-bond donors (Lipinski definition) is 1. The zero-order valence-corrected chi connectivity index (χ0v) is 14.2. The second-order valence-electron chi connectivity index (χ2n) is 6.13. The van der Waals surface area contributed by atoms with Gasteiger partial charge in [0.15, 0.2) is 23.0 Å². The van der Waals surface area contributed by atoms with E-state index < -0.39 is 10.1 Å². The van der Waals surface area contributed by atoms with Gasteiger partial charge in [-0.2, -0.15) is 8.42 Å². The summed E-state index contributed by atoms with van der Waals surface area (Å²) >= 11 is 0. The van der Waals surface area contributed by atoms with E-state index in [2.05, 4.69) is 0 Å². The van der Waals surface area contributed by atoms with Crippen LogP contribution >= 0.6 is 0 Å². The third-order valence-corrected chi connectivity index (χ3v) is 5.27. The average molecular weight is 364 g/mol. The lowest BCUT2D eigenvalue weighted by molar-refractivity contribution is 0.361. The second-order valence-corrected chi connectivity index (χ2v) is 7.55. The molecule has 1 aliphatic heterocycles. The molecular weight excluding hydrogens is 352 g/mol. The molecule has 1 N–H and O–H groups in total. The predicted octanol–water partition coefficient (Wildman–Crippen LogP) is 5.14. The molecule has 5 nitrogen and oxygen atoms in total. The molecule has 0 aromatic heterocycles. The summed E-state index contributed by atoms with van der Waals surface area (Å²) in [6.45, 7) is 0. The van der Waals surface area contributed by atoms with Gasteiger partial charge in [-0.05, 0) is 57.9 Å². The van der Waals surface area contributed by atoms with Crippen molar-refractivity contribution in [1.82, 2.24) is 0 Å². The topological polar surface area (TPSA) is 72.8 Å². The highest BCUT2D eigenvalue weighted by atomic mass is 32.2. The number of hydrogen-bond acceptors (Lipinski definition) is 4. The standard InChI is InChI=1S/C20H12O5S/c21-26(22,23)16-6-5-14-10-19-20(11-15(14)7-16)25-18-9-13-4-2-1-3-12(13)8-17(18)24-19/h1-11H,(H,21,22,23). The van der Waals surface area contributed by atoms with Crippen LogP contribution in [0.2, 0.25) is 0 Å². The molecule has 0 unspecified atom stereocenters. The summed E-state index contributed by atoms with van der Waals surface area (Å²) in [6.07, 6.45) is 0. The first kappa shape index (κ1) is 15.2. The number of benzene rings is 4. The average Bonchev–Trinajstić information content (AvgIpc) is 2.61. The van der Waals surface area contributed by atoms with Crippen LogP contribution in [0.15, 0.2) is 71.6 Å². The summed E-state index contributed by atoms with van der Waals surface area (Å²) in [5.74, 6) is 2.28. The van der Waals surface area contributed by atoms with E-state index in [1.807, 2.05) is 36.4 Å². The van der Waals surface area contributed by atoms with Crippen LogP contribution in [-0.4, -0.2) is 13.0 Å². The van der Waals surface area contributed by atoms with Gasteiger partial charge < -0.3 is 9.47 Å². The molecule has 0 bridgehead atoms. The first-order valence-electron chi connectivity index (χ1n) is 7.91. The SMILES string of the molecule is O=S(=O)(O)c1ccc2cc3c(cc2c1)Oc1cc2ccccc2cc1O3.